The van der Waals surface area contributed by atoms with E-state index >= 15 is 0 Å². The maximum Gasteiger partial charge on any atom is 0.253 e. The first-order chi connectivity index (χ1) is 8.24. The molecule has 18 heavy (non-hydrogen) atoms. The number of nitrogens with one attached hydrogen (secondary N) is 1. The third-order valence-electron chi connectivity index (χ3n) is 2.68. The largest absolute Gasteiger partial charge is 0.399 e. The summed E-state index contributed by atoms with van der Waals surface area (Å²) in [5.41, 5.74) is 16.7. The Kier molecular flexibility index (Phi) is 3.80. The second-order valence-electron chi connectivity index (χ2n) is 4.78. The van der Waals surface area contributed by atoms with Crippen LogP contribution < -0.4 is 22.5 Å². The maximum atomic E-state index is 11.9. The van der Waals surface area contributed by atoms with Crippen molar-refractivity contribution in [1.29, 1.82) is 0 Å². The zero-order valence-electron chi connectivity index (χ0n) is 10.5. The molecule has 0 radical (unpaired) electrons. The molecule has 98 valence electrons. The molecular formula is C12H18N4O2. The van der Waals surface area contributed by atoms with E-state index in [1.807, 2.05) is 0 Å². The topological polar surface area (TPSA) is 124 Å². The van der Waals surface area contributed by atoms with E-state index in [1.165, 1.54) is 12.1 Å². The van der Waals surface area contributed by atoms with Gasteiger partial charge in [0, 0.05) is 17.9 Å². The highest BCUT2D eigenvalue weighted by Gasteiger charge is 2.25. The molecule has 6 heteroatoms. The van der Waals surface area contributed by atoms with Gasteiger partial charge in [-0.1, -0.05) is 0 Å². The zero-order chi connectivity index (χ0) is 13.9. The van der Waals surface area contributed by atoms with Gasteiger partial charge in [-0.3, -0.25) is 9.59 Å². The highest BCUT2D eigenvalue weighted by molar-refractivity contribution is 6.00. The lowest BCUT2D eigenvalue weighted by Crippen LogP contribution is -2.42. The van der Waals surface area contributed by atoms with Crippen LogP contribution in [0.4, 0.5) is 11.4 Å². The first-order valence-electron chi connectivity index (χ1n) is 5.47. The molecule has 1 rings (SSSR count). The molecule has 0 fully saturated rings. The lowest BCUT2D eigenvalue weighted by Gasteiger charge is -2.20. The number of nitrogens with two attached hydrogens (primary N) is 3. The number of anilines is 2. The van der Waals surface area contributed by atoms with Crippen LogP contribution in [0, 0.1) is 5.41 Å². The fraction of sp³-hybridized carbons (Fsp3) is 0.333. The van der Waals surface area contributed by atoms with Crippen molar-refractivity contribution in [3.63, 3.8) is 0 Å². The number of benzene rings is 1. The molecule has 0 atom stereocenters. The predicted molar refractivity (Wildman–Crippen MR) is 70.6 cm³/mol. The van der Waals surface area contributed by atoms with Crippen LogP contribution in [0.3, 0.4) is 0 Å². The minimum atomic E-state index is -0.807. The summed E-state index contributed by atoms with van der Waals surface area (Å²) in [5, 5.41) is 2.62. The monoisotopic (exact) mass is 250 g/mol. The van der Waals surface area contributed by atoms with Crippen LogP contribution >= 0.6 is 0 Å². The van der Waals surface area contributed by atoms with Crippen LogP contribution in [-0.4, -0.2) is 18.4 Å². The molecule has 6 nitrogen and oxygen atoms in total. The summed E-state index contributed by atoms with van der Waals surface area (Å²) in [6.07, 6.45) is 0. The molecule has 0 saturated carbocycles. The highest BCUT2D eigenvalue weighted by Crippen LogP contribution is 2.17. The molecule has 1 aromatic carbocycles. The van der Waals surface area contributed by atoms with Crippen molar-refractivity contribution in [2.75, 3.05) is 18.0 Å². The van der Waals surface area contributed by atoms with Crippen molar-refractivity contribution >= 4 is 23.2 Å². The Morgan fingerprint density at radius 3 is 2.39 bits per heavy atom. The Balaban J connectivity index is 2.75. The summed E-state index contributed by atoms with van der Waals surface area (Å²) in [4.78, 5) is 23.0. The summed E-state index contributed by atoms with van der Waals surface area (Å²) >= 11 is 0. The van der Waals surface area contributed by atoms with Gasteiger partial charge in [-0.15, -0.1) is 0 Å². The van der Waals surface area contributed by atoms with E-state index in [4.69, 9.17) is 17.2 Å². The van der Waals surface area contributed by atoms with Gasteiger partial charge in [0.1, 0.15) is 0 Å². The minimum absolute atomic E-state index is 0.144. The van der Waals surface area contributed by atoms with Crippen molar-refractivity contribution in [2.45, 2.75) is 13.8 Å². The van der Waals surface area contributed by atoms with Crippen molar-refractivity contribution in [3.8, 4) is 0 Å². The number of hydrogen-bond acceptors (Lipinski definition) is 4. The van der Waals surface area contributed by atoms with E-state index in [9.17, 15) is 9.59 Å². The van der Waals surface area contributed by atoms with Gasteiger partial charge in [0.25, 0.3) is 5.91 Å². The lowest BCUT2D eigenvalue weighted by molar-refractivity contribution is -0.125. The molecule has 7 N–H and O–H groups in total. The van der Waals surface area contributed by atoms with Gasteiger partial charge in [0.2, 0.25) is 5.91 Å². The van der Waals surface area contributed by atoms with Crippen LogP contribution in [0.25, 0.3) is 0 Å². The van der Waals surface area contributed by atoms with E-state index in [0.29, 0.717) is 16.9 Å². The molecule has 0 bridgehead atoms. The summed E-state index contributed by atoms with van der Waals surface area (Å²) in [6, 6.07) is 4.63. The van der Waals surface area contributed by atoms with Crippen molar-refractivity contribution in [2.24, 2.45) is 11.1 Å². The maximum absolute atomic E-state index is 11.9. The molecule has 0 heterocycles. The Labute approximate surface area is 106 Å². The minimum Gasteiger partial charge on any atom is -0.399 e. The van der Waals surface area contributed by atoms with Gasteiger partial charge in [-0.2, -0.15) is 0 Å². The normalized spacial score (nSPS) is 11.0. The first kappa shape index (κ1) is 13.8. The van der Waals surface area contributed by atoms with Gasteiger partial charge in [0.05, 0.1) is 11.0 Å². The number of hydrogen-bond donors (Lipinski definition) is 4. The SMILES string of the molecule is CC(C)(CNC(=O)c1ccc(N)cc1N)C(N)=O. The summed E-state index contributed by atoms with van der Waals surface area (Å²) in [5.74, 6) is -0.838. The van der Waals surface area contributed by atoms with Crippen molar-refractivity contribution in [1.82, 2.24) is 5.32 Å². The molecule has 0 aliphatic rings. The molecule has 1 aromatic rings. The van der Waals surface area contributed by atoms with E-state index in [1.54, 1.807) is 19.9 Å². The van der Waals surface area contributed by atoms with Gasteiger partial charge in [-0.05, 0) is 32.0 Å². The van der Waals surface area contributed by atoms with Gasteiger partial charge in [0.15, 0.2) is 0 Å². The number of amides is 2. The van der Waals surface area contributed by atoms with Gasteiger partial charge < -0.3 is 22.5 Å². The number of carbonyl (C=O) groups excluding carboxylic acids is 2. The number of rotatable bonds is 4. The van der Waals surface area contributed by atoms with Crippen molar-refractivity contribution < 1.29 is 9.59 Å². The standard InChI is InChI=1S/C12H18N4O2/c1-12(2,11(15)18)6-16-10(17)8-4-3-7(13)5-9(8)14/h3-5H,6,13-14H2,1-2H3,(H2,15,18)(H,16,17). The second kappa shape index (κ2) is 4.95. The Morgan fingerprint density at radius 1 is 1.28 bits per heavy atom. The van der Waals surface area contributed by atoms with Crippen LogP contribution in [0.15, 0.2) is 18.2 Å². The molecule has 0 aromatic heterocycles. The fourth-order valence-electron chi connectivity index (χ4n) is 1.27. The third-order valence-corrected chi connectivity index (χ3v) is 2.68. The van der Waals surface area contributed by atoms with Crippen LogP contribution in [0.1, 0.15) is 24.2 Å². The summed E-state index contributed by atoms with van der Waals surface area (Å²) < 4.78 is 0. The molecule has 0 aliphatic heterocycles. The average molecular weight is 250 g/mol. The third kappa shape index (κ3) is 3.13. The fourth-order valence-corrected chi connectivity index (χ4v) is 1.27. The van der Waals surface area contributed by atoms with Crippen LogP contribution in [0.2, 0.25) is 0 Å². The smallest absolute Gasteiger partial charge is 0.253 e. The Hall–Kier alpha value is -2.24. The number of carbonyl (C=O) groups is 2. The molecule has 2 amide bonds. The Morgan fingerprint density at radius 2 is 1.89 bits per heavy atom. The van der Waals surface area contributed by atoms with E-state index in [-0.39, 0.29) is 12.5 Å². The van der Waals surface area contributed by atoms with E-state index < -0.39 is 11.3 Å². The van der Waals surface area contributed by atoms with Crippen LogP contribution in [-0.2, 0) is 4.79 Å². The molecule has 0 spiro atoms. The quantitative estimate of drug-likeness (QED) is 0.565. The Bertz CT molecular complexity index is 483. The number of nitrogen functional groups attached to an aromatic ring is 2. The molecular weight excluding hydrogens is 232 g/mol. The summed E-state index contributed by atoms with van der Waals surface area (Å²) in [6.45, 7) is 3.45. The average Bonchev–Trinajstić information content (AvgIpc) is 2.25. The number of primary amides is 1. The lowest BCUT2D eigenvalue weighted by atomic mass is 9.92. The van der Waals surface area contributed by atoms with Gasteiger partial charge >= 0.3 is 0 Å². The first-order valence-corrected chi connectivity index (χ1v) is 5.47. The van der Waals surface area contributed by atoms with E-state index in [0.717, 1.165) is 0 Å². The predicted octanol–water partition coefficient (Wildman–Crippen LogP) is 0.0923. The molecule has 0 saturated heterocycles. The van der Waals surface area contributed by atoms with E-state index in [2.05, 4.69) is 5.32 Å². The second-order valence-corrected chi connectivity index (χ2v) is 4.78. The zero-order valence-corrected chi connectivity index (χ0v) is 10.5. The highest BCUT2D eigenvalue weighted by atomic mass is 16.2. The van der Waals surface area contributed by atoms with Gasteiger partial charge in [-0.25, -0.2) is 0 Å². The van der Waals surface area contributed by atoms with Crippen LogP contribution in [0.5, 0.6) is 0 Å². The molecule has 0 aliphatic carbocycles. The summed E-state index contributed by atoms with van der Waals surface area (Å²) in [7, 11) is 0. The van der Waals surface area contributed by atoms with Crippen molar-refractivity contribution in [3.05, 3.63) is 23.8 Å². The molecule has 0 unspecified atom stereocenters.